The highest BCUT2D eigenvalue weighted by molar-refractivity contribution is 6.12. The van der Waals surface area contributed by atoms with Gasteiger partial charge in [-0.1, -0.05) is 86.1 Å². The lowest BCUT2D eigenvalue weighted by Gasteiger charge is -2.21. The molecular formula is C30H23N3. The molecule has 2 heterocycles. The van der Waals surface area contributed by atoms with Crippen molar-refractivity contribution in [2.45, 2.75) is 26.2 Å². The maximum atomic E-state index is 4.72. The average molecular weight is 426 g/mol. The van der Waals surface area contributed by atoms with Crippen LogP contribution in [-0.4, -0.2) is 14.6 Å². The summed E-state index contributed by atoms with van der Waals surface area (Å²) in [6.07, 6.45) is 0. The molecule has 0 fully saturated rings. The second-order valence-electron chi connectivity index (χ2n) is 9.68. The molecule has 0 spiro atoms. The highest BCUT2D eigenvalue weighted by atomic mass is 15.2. The molecule has 6 aromatic rings. The van der Waals surface area contributed by atoms with E-state index in [1.54, 1.807) is 0 Å². The van der Waals surface area contributed by atoms with Crippen LogP contribution in [0.4, 0.5) is 0 Å². The molecule has 3 heteroatoms. The van der Waals surface area contributed by atoms with Gasteiger partial charge in [0, 0.05) is 21.8 Å². The van der Waals surface area contributed by atoms with E-state index in [0.717, 1.165) is 27.9 Å². The Kier molecular flexibility index (Phi) is 3.54. The zero-order valence-electron chi connectivity index (χ0n) is 18.9. The molecule has 0 aliphatic heterocycles. The Balaban J connectivity index is 1.55. The Labute approximate surface area is 192 Å². The molecule has 0 radical (unpaired) electrons. The minimum atomic E-state index is -0.0473. The van der Waals surface area contributed by atoms with Crippen LogP contribution in [0.5, 0.6) is 0 Å². The van der Waals surface area contributed by atoms with Crippen molar-refractivity contribution in [3.05, 3.63) is 102 Å². The summed E-state index contributed by atoms with van der Waals surface area (Å²) in [5.74, 6) is 0.888. The van der Waals surface area contributed by atoms with Crippen molar-refractivity contribution in [1.82, 2.24) is 14.6 Å². The van der Waals surface area contributed by atoms with Crippen molar-refractivity contribution >= 4 is 27.3 Å². The van der Waals surface area contributed by atoms with Crippen LogP contribution in [0, 0.1) is 6.92 Å². The lowest BCUT2D eigenvalue weighted by atomic mass is 9.82. The summed E-state index contributed by atoms with van der Waals surface area (Å²) in [6, 6.07) is 30.7. The summed E-state index contributed by atoms with van der Waals surface area (Å²) in [7, 11) is 0. The molecule has 0 unspecified atom stereocenters. The number of pyridine rings is 1. The number of benzene rings is 4. The number of nitrogens with zero attached hydrogens (tertiary/aromatic N) is 3. The van der Waals surface area contributed by atoms with Gasteiger partial charge in [-0.05, 0) is 52.8 Å². The summed E-state index contributed by atoms with van der Waals surface area (Å²) >= 11 is 0. The van der Waals surface area contributed by atoms with Crippen molar-refractivity contribution in [3.63, 3.8) is 0 Å². The Hall–Kier alpha value is -3.98. The number of rotatable bonds is 1. The predicted octanol–water partition coefficient (Wildman–Crippen LogP) is 7.32. The molecule has 0 bridgehead atoms. The molecule has 7 rings (SSSR count). The summed E-state index contributed by atoms with van der Waals surface area (Å²) in [4.78, 5) is 0. The number of hydrogen-bond donors (Lipinski definition) is 0. The number of aromatic nitrogens is 3. The second-order valence-corrected chi connectivity index (χ2v) is 9.68. The minimum Gasteiger partial charge on any atom is -0.274 e. The topological polar surface area (TPSA) is 30.2 Å². The summed E-state index contributed by atoms with van der Waals surface area (Å²) in [5.41, 5.74) is 9.72. The molecular weight excluding hydrogens is 402 g/mol. The monoisotopic (exact) mass is 425 g/mol. The fourth-order valence-corrected chi connectivity index (χ4v) is 5.69. The van der Waals surface area contributed by atoms with Crippen LogP contribution in [0.3, 0.4) is 0 Å². The minimum absolute atomic E-state index is 0.0473. The summed E-state index contributed by atoms with van der Waals surface area (Å²) in [5, 5.41) is 13.0. The first-order valence-corrected chi connectivity index (χ1v) is 11.4. The molecule has 2 aromatic heterocycles. The molecule has 4 aromatic carbocycles. The molecule has 1 aliphatic carbocycles. The number of hydrogen-bond acceptors (Lipinski definition) is 2. The van der Waals surface area contributed by atoms with Crippen LogP contribution in [0.15, 0.2) is 84.9 Å². The Bertz CT molecular complexity index is 1750. The van der Waals surface area contributed by atoms with Crippen LogP contribution >= 0.6 is 0 Å². The Morgan fingerprint density at radius 3 is 2.30 bits per heavy atom. The van der Waals surface area contributed by atoms with Gasteiger partial charge in [0.15, 0.2) is 11.5 Å². The first kappa shape index (κ1) is 18.6. The van der Waals surface area contributed by atoms with E-state index < -0.39 is 0 Å². The van der Waals surface area contributed by atoms with E-state index in [4.69, 9.17) is 5.10 Å². The van der Waals surface area contributed by atoms with Gasteiger partial charge < -0.3 is 0 Å². The van der Waals surface area contributed by atoms with Gasteiger partial charge in [-0.25, -0.2) is 0 Å². The third-order valence-corrected chi connectivity index (χ3v) is 7.36. The first-order chi connectivity index (χ1) is 16.0. The predicted molar refractivity (Wildman–Crippen MR) is 136 cm³/mol. The van der Waals surface area contributed by atoms with Crippen molar-refractivity contribution in [2.75, 3.05) is 0 Å². The quantitative estimate of drug-likeness (QED) is 0.258. The zero-order chi connectivity index (χ0) is 22.3. The van der Waals surface area contributed by atoms with Crippen molar-refractivity contribution in [1.29, 1.82) is 0 Å². The highest BCUT2D eigenvalue weighted by Gasteiger charge is 2.35. The molecule has 0 atom stereocenters. The standard InChI is InChI=1S/C30H23N3/c1-18-12-15-27-24(16-18)20-8-4-5-10-23(20)29-32-31-28(33(27)29)19-13-14-22-21-9-6-7-11-25(21)30(2,3)26(22)17-19/h4-17H,1-3H3. The molecule has 0 amide bonds. The summed E-state index contributed by atoms with van der Waals surface area (Å²) < 4.78 is 2.23. The van der Waals surface area contributed by atoms with Crippen LogP contribution in [0.25, 0.3) is 49.8 Å². The second kappa shape index (κ2) is 6.29. The average Bonchev–Trinajstić information content (AvgIpc) is 3.38. The van der Waals surface area contributed by atoms with Gasteiger partial charge in [-0.15, -0.1) is 10.2 Å². The van der Waals surface area contributed by atoms with Crippen LogP contribution in [-0.2, 0) is 5.41 Å². The van der Waals surface area contributed by atoms with E-state index in [1.165, 1.54) is 38.6 Å². The van der Waals surface area contributed by atoms with Crippen LogP contribution in [0.2, 0.25) is 0 Å². The zero-order valence-corrected chi connectivity index (χ0v) is 18.9. The van der Waals surface area contributed by atoms with Crippen LogP contribution in [0.1, 0.15) is 30.5 Å². The van der Waals surface area contributed by atoms with Gasteiger partial charge >= 0.3 is 0 Å². The molecule has 3 nitrogen and oxygen atoms in total. The molecule has 1 aliphatic rings. The fourth-order valence-electron chi connectivity index (χ4n) is 5.69. The third kappa shape index (κ3) is 2.39. The lowest BCUT2D eigenvalue weighted by molar-refractivity contribution is 0.660. The van der Waals surface area contributed by atoms with Gasteiger partial charge in [-0.2, -0.15) is 0 Å². The Morgan fingerprint density at radius 1 is 0.667 bits per heavy atom. The molecule has 0 saturated heterocycles. The lowest BCUT2D eigenvalue weighted by Crippen LogP contribution is -2.15. The largest absolute Gasteiger partial charge is 0.274 e. The number of aryl methyl sites for hydroxylation is 1. The smallest absolute Gasteiger partial charge is 0.169 e. The van der Waals surface area contributed by atoms with E-state index in [0.29, 0.717) is 0 Å². The maximum absolute atomic E-state index is 4.72. The van der Waals surface area contributed by atoms with Gasteiger partial charge in [0.25, 0.3) is 0 Å². The van der Waals surface area contributed by atoms with Crippen molar-refractivity contribution in [3.8, 4) is 22.5 Å². The fraction of sp³-hybridized carbons (Fsp3) is 0.133. The molecule has 0 saturated carbocycles. The van der Waals surface area contributed by atoms with E-state index in [1.807, 2.05) is 0 Å². The summed E-state index contributed by atoms with van der Waals surface area (Å²) in [6.45, 7) is 6.77. The molecule has 33 heavy (non-hydrogen) atoms. The van der Waals surface area contributed by atoms with Gasteiger partial charge in [0.1, 0.15) is 0 Å². The first-order valence-electron chi connectivity index (χ1n) is 11.4. The van der Waals surface area contributed by atoms with Gasteiger partial charge in [-0.3, -0.25) is 4.40 Å². The van der Waals surface area contributed by atoms with E-state index in [9.17, 15) is 0 Å². The highest BCUT2D eigenvalue weighted by Crippen LogP contribution is 2.49. The van der Waals surface area contributed by atoms with Crippen molar-refractivity contribution < 1.29 is 0 Å². The number of fused-ring (bicyclic) bond motifs is 9. The maximum Gasteiger partial charge on any atom is 0.169 e. The molecule has 158 valence electrons. The SMILES string of the molecule is Cc1ccc2c(c1)c1ccccc1c1nnc(-c3ccc4c(c3)C(C)(C)c3ccccc3-4)n21. The van der Waals surface area contributed by atoms with Crippen molar-refractivity contribution in [2.24, 2.45) is 0 Å². The molecule has 0 N–H and O–H groups in total. The van der Waals surface area contributed by atoms with Gasteiger partial charge in [0.2, 0.25) is 0 Å². The van der Waals surface area contributed by atoms with Gasteiger partial charge in [0.05, 0.1) is 5.52 Å². The third-order valence-electron chi connectivity index (χ3n) is 7.36. The van der Waals surface area contributed by atoms with E-state index >= 15 is 0 Å². The van der Waals surface area contributed by atoms with Crippen LogP contribution < -0.4 is 0 Å². The van der Waals surface area contributed by atoms with E-state index in [-0.39, 0.29) is 5.41 Å². The van der Waals surface area contributed by atoms with E-state index in [2.05, 4.69) is 115 Å². The Morgan fingerprint density at radius 2 is 1.42 bits per heavy atom. The normalized spacial score (nSPS) is 14.2.